The molecule has 0 saturated heterocycles. The van der Waals surface area contributed by atoms with Gasteiger partial charge in [0.15, 0.2) is 0 Å². The van der Waals surface area contributed by atoms with Gasteiger partial charge in [0.05, 0.1) is 0 Å². The summed E-state index contributed by atoms with van der Waals surface area (Å²) in [5, 5.41) is 3.67. The summed E-state index contributed by atoms with van der Waals surface area (Å²) in [7, 11) is 0. The van der Waals surface area contributed by atoms with Crippen LogP contribution in [0.3, 0.4) is 0 Å². The minimum absolute atomic E-state index is 0.0787. The zero-order chi connectivity index (χ0) is 15.3. The fourth-order valence-corrected chi connectivity index (χ4v) is 2.67. The van der Waals surface area contributed by atoms with E-state index in [1.807, 2.05) is 0 Å². The monoisotopic (exact) mass is 284 g/mol. The Labute approximate surface area is 129 Å². The van der Waals surface area contributed by atoms with Gasteiger partial charge in [0.2, 0.25) is 0 Å². The highest BCUT2D eigenvalue weighted by Gasteiger charge is 2.26. The Hall–Kier alpha value is -1.57. The highest BCUT2D eigenvalue weighted by molar-refractivity contribution is 5.92. The van der Waals surface area contributed by atoms with Gasteiger partial charge in [-0.15, -0.1) is 0 Å². The minimum atomic E-state index is 0.0787. The molecule has 2 aliphatic rings. The molecule has 114 valence electrons. The molecule has 2 heteroatoms. The van der Waals surface area contributed by atoms with Gasteiger partial charge in [-0.2, -0.15) is 0 Å². The van der Waals surface area contributed by atoms with E-state index in [-0.39, 0.29) is 5.41 Å². The number of allylic oxidation sites excluding steroid dienone is 6. The maximum Gasteiger partial charge on any atom is 0.123 e. The SMILES string of the molecule is CCCCC(NC1=CC(C)(C)C(C)=N1)C1=CC=CC=CC1. The molecule has 0 amide bonds. The van der Waals surface area contributed by atoms with Crippen LogP contribution in [0.15, 0.2) is 52.8 Å². The molecule has 2 nitrogen and oxygen atoms in total. The molecule has 0 aromatic rings. The summed E-state index contributed by atoms with van der Waals surface area (Å²) < 4.78 is 0. The topological polar surface area (TPSA) is 24.4 Å². The summed E-state index contributed by atoms with van der Waals surface area (Å²) in [6.07, 6.45) is 17.8. The highest BCUT2D eigenvalue weighted by Crippen LogP contribution is 2.29. The molecule has 1 N–H and O–H groups in total. The van der Waals surface area contributed by atoms with Crippen molar-refractivity contribution in [3.05, 3.63) is 47.9 Å². The first-order valence-corrected chi connectivity index (χ1v) is 8.10. The van der Waals surface area contributed by atoms with E-state index in [2.05, 4.69) is 69.5 Å². The molecule has 1 atom stereocenters. The molecule has 0 aromatic carbocycles. The second-order valence-corrected chi connectivity index (χ2v) is 6.55. The lowest BCUT2D eigenvalue weighted by Gasteiger charge is -2.22. The van der Waals surface area contributed by atoms with Crippen molar-refractivity contribution in [2.75, 3.05) is 0 Å². The Morgan fingerprint density at radius 3 is 2.76 bits per heavy atom. The largest absolute Gasteiger partial charge is 0.364 e. The van der Waals surface area contributed by atoms with E-state index in [4.69, 9.17) is 4.99 Å². The van der Waals surface area contributed by atoms with E-state index in [1.165, 1.54) is 24.1 Å². The lowest BCUT2D eigenvalue weighted by molar-refractivity contribution is 0.548. The normalized spacial score (nSPS) is 21.4. The van der Waals surface area contributed by atoms with Gasteiger partial charge in [0.1, 0.15) is 5.82 Å². The van der Waals surface area contributed by atoms with Crippen molar-refractivity contribution in [2.45, 2.75) is 59.4 Å². The van der Waals surface area contributed by atoms with Gasteiger partial charge in [-0.25, -0.2) is 4.99 Å². The molecule has 1 unspecified atom stereocenters. The van der Waals surface area contributed by atoms with Gasteiger partial charge in [-0.3, -0.25) is 0 Å². The van der Waals surface area contributed by atoms with Crippen molar-refractivity contribution in [1.82, 2.24) is 5.32 Å². The first-order valence-electron chi connectivity index (χ1n) is 8.10. The summed E-state index contributed by atoms with van der Waals surface area (Å²) in [6.45, 7) is 8.80. The smallest absolute Gasteiger partial charge is 0.123 e. The molecule has 2 rings (SSSR count). The number of hydrogen-bond acceptors (Lipinski definition) is 2. The third-order valence-electron chi connectivity index (χ3n) is 4.36. The first-order chi connectivity index (χ1) is 10.0. The van der Waals surface area contributed by atoms with E-state index < -0.39 is 0 Å². The molecule has 1 aliphatic carbocycles. The molecule has 0 bridgehead atoms. The number of hydrogen-bond donors (Lipinski definition) is 1. The summed E-state index contributed by atoms with van der Waals surface area (Å²) in [5.41, 5.74) is 2.72. The number of unbranched alkanes of at least 4 members (excludes halogenated alkanes) is 1. The van der Waals surface area contributed by atoms with E-state index in [9.17, 15) is 0 Å². The van der Waals surface area contributed by atoms with Crippen molar-refractivity contribution in [3.8, 4) is 0 Å². The fourth-order valence-electron chi connectivity index (χ4n) is 2.67. The van der Waals surface area contributed by atoms with E-state index >= 15 is 0 Å². The summed E-state index contributed by atoms with van der Waals surface area (Å²) >= 11 is 0. The molecule has 0 fully saturated rings. The second kappa shape index (κ2) is 6.93. The standard InChI is InChI=1S/C19H28N2/c1-5-6-13-17(16-11-9-7-8-10-12-16)21-18-14-19(3,4)15(2)20-18/h7-11,14,17,21H,5-6,12-13H2,1-4H3. The average molecular weight is 284 g/mol. The third kappa shape index (κ3) is 4.20. The van der Waals surface area contributed by atoms with Gasteiger partial charge in [0.25, 0.3) is 0 Å². The molecule has 0 aromatic heterocycles. The average Bonchev–Trinajstić information content (AvgIpc) is 2.65. The molecular formula is C19H28N2. The Balaban J connectivity index is 2.12. The lowest BCUT2D eigenvalue weighted by atomic mass is 9.90. The van der Waals surface area contributed by atoms with Crippen LogP contribution in [0.1, 0.15) is 53.4 Å². The predicted molar refractivity (Wildman–Crippen MR) is 92.4 cm³/mol. The molecule has 0 spiro atoms. The predicted octanol–water partition coefficient (Wildman–Crippen LogP) is 4.92. The molecule has 0 saturated carbocycles. The van der Waals surface area contributed by atoms with Crippen molar-refractivity contribution in [3.63, 3.8) is 0 Å². The fraction of sp³-hybridized carbons (Fsp3) is 0.526. The van der Waals surface area contributed by atoms with Crippen LogP contribution in [-0.2, 0) is 0 Å². The summed E-state index contributed by atoms with van der Waals surface area (Å²) in [6, 6.07) is 0.383. The summed E-state index contributed by atoms with van der Waals surface area (Å²) in [5.74, 6) is 1.04. The van der Waals surface area contributed by atoms with Crippen LogP contribution < -0.4 is 5.32 Å². The van der Waals surface area contributed by atoms with Crippen molar-refractivity contribution >= 4 is 5.71 Å². The van der Waals surface area contributed by atoms with Crippen molar-refractivity contribution in [2.24, 2.45) is 10.4 Å². The maximum absolute atomic E-state index is 4.71. The van der Waals surface area contributed by atoms with Gasteiger partial charge in [0, 0.05) is 17.2 Å². The quantitative estimate of drug-likeness (QED) is 0.735. The van der Waals surface area contributed by atoms with Gasteiger partial charge in [-0.1, -0.05) is 64.0 Å². The molecular weight excluding hydrogens is 256 g/mol. The van der Waals surface area contributed by atoms with E-state index in [0.29, 0.717) is 6.04 Å². The Morgan fingerprint density at radius 2 is 2.10 bits per heavy atom. The van der Waals surface area contributed by atoms with E-state index in [1.54, 1.807) is 0 Å². The van der Waals surface area contributed by atoms with E-state index in [0.717, 1.165) is 18.7 Å². The zero-order valence-electron chi connectivity index (χ0n) is 13.8. The molecule has 21 heavy (non-hydrogen) atoms. The van der Waals surface area contributed by atoms with Crippen molar-refractivity contribution in [1.29, 1.82) is 0 Å². The van der Waals surface area contributed by atoms with Crippen LogP contribution in [0.2, 0.25) is 0 Å². The maximum atomic E-state index is 4.71. The number of aliphatic imine (C=N–C) groups is 1. The molecule has 1 heterocycles. The van der Waals surface area contributed by atoms with Crippen LogP contribution in [0.25, 0.3) is 0 Å². The Bertz CT molecular complexity index is 516. The first kappa shape index (κ1) is 15.8. The zero-order valence-corrected chi connectivity index (χ0v) is 13.8. The van der Waals surface area contributed by atoms with Crippen LogP contribution in [0.4, 0.5) is 0 Å². The molecule has 1 aliphatic heterocycles. The minimum Gasteiger partial charge on any atom is -0.364 e. The van der Waals surface area contributed by atoms with Crippen LogP contribution in [-0.4, -0.2) is 11.8 Å². The van der Waals surface area contributed by atoms with Gasteiger partial charge >= 0.3 is 0 Å². The summed E-state index contributed by atoms with van der Waals surface area (Å²) in [4.78, 5) is 4.71. The Kier molecular flexibility index (Phi) is 5.22. The number of rotatable bonds is 6. The second-order valence-electron chi connectivity index (χ2n) is 6.55. The Morgan fingerprint density at radius 1 is 1.29 bits per heavy atom. The highest BCUT2D eigenvalue weighted by atomic mass is 15.1. The third-order valence-corrected chi connectivity index (χ3v) is 4.36. The lowest BCUT2D eigenvalue weighted by Crippen LogP contribution is -2.29. The number of nitrogens with zero attached hydrogens (tertiary/aromatic N) is 1. The van der Waals surface area contributed by atoms with Crippen LogP contribution in [0, 0.1) is 5.41 Å². The van der Waals surface area contributed by atoms with Crippen LogP contribution in [0.5, 0.6) is 0 Å². The molecule has 0 radical (unpaired) electrons. The number of nitrogens with one attached hydrogen (secondary N) is 1. The van der Waals surface area contributed by atoms with Gasteiger partial charge < -0.3 is 5.32 Å². The van der Waals surface area contributed by atoms with Gasteiger partial charge in [-0.05, 0) is 31.4 Å². The van der Waals surface area contributed by atoms with Crippen molar-refractivity contribution < 1.29 is 0 Å². The van der Waals surface area contributed by atoms with Crippen LogP contribution >= 0.6 is 0 Å².